The number of carbonyl (C=O) groups is 13. The molecule has 0 saturated carbocycles. The third-order valence-electron chi connectivity index (χ3n) is 17.4. The number of ether oxygens (including phenoxy) is 12. The molecule has 8 saturated heterocycles. The van der Waals surface area contributed by atoms with Crippen LogP contribution in [0.4, 0.5) is 0 Å². The topological polar surface area (TPSA) is 486 Å². The fourth-order valence-electron chi connectivity index (χ4n) is 12.8. The maximum absolute atomic E-state index is 11.6. The van der Waals surface area contributed by atoms with Gasteiger partial charge in [0.2, 0.25) is 34.8 Å². The van der Waals surface area contributed by atoms with Crippen LogP contribution in [-0.4, -0.2) is 258 Å². The molecule has 131 heavy (non-hydrogen) atoms. The van der Waals surface area contributed by atoms with Crippen molar-refractivity contribution >= 4 is 109 Å². The Morgan fingerprint density at radius 1 is 0.565 bits per heavy atom. The number of hydrogen-bond acceptors (Lipinski definition) is 30. The average molecular weight is 1950 g/mol. The van der Waals surface area contributed by atoms with Crippen LogP contribution < -0.4 is 129 Å². The molecule has 9 aliphatic heterocycles. The quantitative estimate of drug-likeness (QED) is 0.0273. The number of amides is 5. The Balaban J connectivity index is -0.000000156. The van der Waals surface area contributed by atoms with Gasteiger partial charge in [-0.2, -0.15) is 0 Å². The van der Waals surface area contributed by atoms with Gasteiger partial charge in [0.1, 0.15) is 18.6 Å². The number of piperidine rings is 5. The van der Waals surface area contributed by atoms with E-state index in [9.17, 15) is 67.4 Å². The Hall–Kier alpha value is -3.91. The minimum absolute atomic E-state index is 0. The molecule has 757 valence electrons. The first-order chi connectivity index (χ1) is 57.8. The molecule has 9 heterocycles. The van der Waals surface area contributed by atoms with Crippen molar-refractivity contribution in [2.75, 3.05) is 87.2 Å². The predicted octanol–water partition coefficient (Wildman–Crippen LogP) is 4.01. The molecule has 0 bridgehead atoms. The molecule has 0 aromatic heterocycles. The first-order valence-electron chi connectivity index (χ1n) is 43.9. The summed E-state index contributed by atoms with van der Waals surface area (Å²) in [5.74, 6) is -5.29. The first kappa shape index (κ1) is 145. The number of aliphatic hydroxyl groups excluding tert-OH is 1. The largest absolute Gasteiger partial charge is 1.00 e. The maximum Gasteiger partial charge on any atom is 1.00 e. The molecule has 5 amide bonds. The summed E-state index contributed by atoms with van der Waals surface area (Å²) >= 11 is 4.87. The van der Waals surface area contributed by atoms with E-state index < -0.39 is 69.2 Å². The smallest absolute Gasteiger partial charge is 1.00 e. The number of ketones is 2. The van der Waals surface area contributed by atoms with Gasteiger partial charge in [0.05, 0.1) is 96.3 Å². The van der Waals surface area contributed by atoms with Gasteiger partial charge < -0.3 is 111 Å². The molecule has 35 nitrogen and oxygen atoms in total. The third-order valence-corrected chi connectivity index (χ3v) is 17.5. The SMILES string of the molecule is C.C.C1=COCCC1.CC(C)(C)[O-].CC1(C)CC(=O)CC(=O)N1.CC1(C)CC(O)CC(=O)N1.CC1(C)CC(OC2CCCCO2)CC(=O)N1.CC1(C)CC(OC2CCCCO2)CCN1.CCOC(=O)C1C(=O)CC(C)(C)NC1=O.CCOC(=O)CC(=O)Cl.CCOC(=O)CC(=O)NC(C)(C)CC(=O)OCC.CCOC(=O)CC(C)(C)N.CNC.COC1CCCCO1.Cl.[B].[H-].[K+].[Na+]. The predicted molar refractivity (Wildman–Crippen MR) is 499 cm³/mol. The molecule has 0 aromatic rings. The van der Waals surface area contributed by atoms with E-state index in [2.05, 4.69) is 65.3 Å². The number of nitrogens with one attached hydrogen (secondary N) is 7. The van der Waals surface area contributed by atoms with Gasteiger partial charge in [0.15, 0.2) is 30.6 Å². The first-order valence-corrected chi connectivity index (χ1v) is 44.3. The number of hydrogen-bond donors (Lipinski definition) is 9. The number of carbonyl (C=O) groups excluding carboxylic acids is 13. The molecule has 9 rings (SSSR count). The summed E-state index contributed by atoms with van der Waals surface area (Å²) in [5.41, 5.74) is 2.54. The molecule has 8 fully saturated rings. The molecule has 7 atom stereocenters. The molecule has 0 spiro atoms. The van der Waals surface area contributed by atoms with E-state index in [1.807, 2.05) is 61.7 Å². The second-order valence-electron chi connectivity index (χ2n) is 36.5. The molecule has 10 N–H and O–H groups in total. The van der Waals surface area contributed by atoms with E-state index in [1.54, 1.807) is 110 Å². The summed E-state index contributed by atoms with van der Waals surface area (Å²) in [6, 6.07) is 0. The summed E-state index contributed by atoms with van der Waals surface area (Å²) in [6.07, 6.45) is 21.2. The van der Waals surface area contributed by atoms with E-state index in [0.717, 1.165) is 84.3 Å². The number of aliphatic hydroxyl groups is 1. The molecule has 40 heteroatoms. The number of rotatable bonds is 20. The number of nitrogens with two attached hydrogens (primary N) is 1. The average Bonchev–Trinajstić information content (AvgIpc) is 0.803. The summed E-state index contributed by atoms with van der Waals surface area (Å²) in [5, 5.41) is 38.5. The fourth-order valence-corrected chi connectivity index (χ4v) is 12.9. The Labute approximate surface area is 864 Å². The van der Waals surface area contributed by atoms with Crippen molar-refractivity contribution in [1.29, 1.82) is 0 Å². The van der Waals surface area contributed by atoms with Crippen molar-refractivity contribution < 1.29 is 212 Å². The molecule has 0 aromatic carbocycles. The third kappa shape index (κ3) is 86.2. The summed E-state index contributed by atoms with van der Waals surface area (Å²) < 4.78 is 61.3. The second-order valence-corrected chi connectivity index (χ2v) is 36.9. The zero-order chi connectivity index (χ0) is 96.4. The monoisotopic (exact) mass is 1950 g/mol. The van der Waals surface area contributed by atoms with Gasteiger partial charge >= 0.3 is 111 Å². The van der Waals surface area contributed by atoms with Gasteiger partial charge in [-0.05, 0) is 266 Å². The van der Waals surface area contributed by atoms with Crippen molar-refractivity contribution in [2.45, 2.75) is 403 Å². The van der Waals surface area contributed by atoms with Crippen molar-refractivity contribution in [1.82, 2.24) is 37.2 Å². The van der Waals surface area contributed by atoms with Crippen molar-refractivity contribution in [3.63, 3.8) is 0 Å². The summed E-state index contributed by atoms with van der Waals surface area (Å²) in [6.45, 7) is 45.8. The normalized spacial score (nSPS) is 21.7. The molecule has 7 unspecified atom stereocenters. The van der Waals surface area contributed by atoms with Crippen molar-refractivity contribution in [3.05, 3.63) is 12.3 Å². The standard InChI is InChI=1S/C12H21NO5.C12H21NO3.C12H23NO2.C10H15NO4.C7H13NO2.C7H11NO2.C7H15NO2.C6H12O2.C5H7ClO3.C5H8O.C4H9O.C2H7N.2CH4.B.ClH.K.Na.H/c1-5-17-10(15)7-9(14)13-12(3,4)8-11(16)18-6-2;1-12(2)8-9(7-10(14)13-12)16-11-5-3-4-6-15-11;1-12(2)9-10(6-7-13-12)15-11-5-3-4-8-14-11;1-4-15-9(14)7-6(12)5-10(2,3)11-8(7)13;2*1-7(2)4-5(9)3-6(10)8-7;1-4-10-6(9)5-7(2,3)8;1-7-6-4-2-3-5-8-6;1-2-9-5(8)3-4(6)7;1-2-4-6-5-3-1;1-4(2,3)5;1-3-2;;;;;;;/h5-8H2,1-4H3,(H,13,14);9,11H,3-8H2,1-2H3,(H,13,14);10-11,13H,3-9H2,1-2H3;7H,4-5H2,1-3H3,(H,11,13);5,9H,3-4H2,1-2H3,(H,8,10);3-4H2,1-2H3,(H,8,10);4-5,8H2,1-3H3;6H,2-5H2,1H3;2-3H2,1H3;2,4H,1,3,5H2;1-3H3;3H,1-2H3;2*1H4;;1H;;;/q;;;;;;;;;;-1;;;;;;2*+1;-1. The molecule has 9 aliphatic rings. The summed E-state index contributed by atoms with van der Waals surface area (Å²) in [4.78, 5) is 143. The number of esters is 5. The maximum atomic E-state index is 11.6. The Morgan fingerprint density at radius 2 is 0.977 bits per heavy atom. The van der Waals surface area contributed by atoms with E-state index in [0.29, 0.717) is 38.6 Å². The van der Waals surface area contributed by atoms with Crippen LogP contribution in [0.1, 0.15) is 323 Å². The van der Waals surface area contributed by atoms with Crippen LogP contribution in [0.25, 0.3) is 0 Å². The van der Waals surface area contributed by atoms with Crippen LogP contribution in [0.3, 0.4) is 0 Å². The fraction of sp³-hybridized carbons (Fsp3) is 0.835. The van der Waals surface area contributed by atoms with Gasteiger partial charge in [0, 0.05) is 87.0 Å². The van der Waals surface area contributed by atoms with E-state index in [4.69, 9.17) is 65.1 Å². The zero-order valence-electron chi connectivity index (χ0n) is 84.2. The zero-order valence-corrected chi connectivity index (χ0v) is 89.9. The van der Waals surface area contributed by atoms with Crippen molar-refractivity contribution in [3.8, 4) is 0 Å². The van der Waals surface area contributed by atoms with Crippen molar-refractivity contribution in [2.24, 2.45) is 11.7 Å². The molecule has 0 aliphatic carbocycles. The number of methoxy groups -OCH3 is 1. The number of halogens is 2. The van der Waals surface area contributed by atoms with E-state index in [-0.39, 0.29) is 271 Å². The van der Waals surface area contributed by atoms with E-state index >= 15 is 0 Å². The van der Waals surface area contributed by atoms with Gasteiger partial charge in [-0.1, -0.05) is 35.6 Å². The van der Waals surface area contributed by atoms with Crippen LogP contribution in [0.15, 0.2) is 12.3 Å². The minimum Gasteiger partial charge on any atom is -1.00 e. The van der Waals surface area contributed by atoms with Crippen LogP contribution in [-0.2, 0) is 119 Å². The van der Waals surface area contributed by atoms with Gasteiger partial charge in [-0.15, -0.1) is 18.0 Å². The van der Waals surface area contributed by atoms with Gasteiger partial charge in [-0.3, -0.25) is 62.3 Å². The van der Waals surface area contributed by atoms with Gasteiger partial charge in [-0.25, -0.2) is 0 Å². The number of allylic oxidation sites excluding steroid dienone is 1. The van der Waals surface area contributed by atoms with Crippen LogP contribution >= 0.6 is 24.0 Å². The van der Waals surface area contributed by atoms with Gasteiger partial charge in [0.25, 0.3) is 0 Å². The minimum atomic E-state index is -1.28. The Kier molecular flexibility index (Phi) is 86.2. The Morgan fingerprint density at radius 3 is 1.32 bits per heavy atom. The van der Waals surface area contributed by atoms with E-state index in [1.165, 1.54) is 38.5 Å². The van der Waals surface area contributed by atoms with Crippen LogP contribution in [0.2, 0.25) is 0 Å². The second kappa shape index (κ2) is 78.0. The molecular formula is C91H172BCl2KN8NaO27. The molecular weight excluding hydrogens is 1780 g/mol. The number of Topliss-reactive ketones (excluding diaryl/α,β-unsaturated/α-hetero) is 2. The molecule has 3 radical (unpaired) electrons. The Bertz CT molecular complexity index is 3160. The summed E-state index contributed by atoms with van der Waals surface area (Å²) in [7, 11) is 5.44. The van der Waals surface area contributed by atoms with Crippen LogP contribution in [0, 0.1) is 5.92 Å². The van der Waals surface area contributed by atoms with Crippen LogP contribution in [0.5, 0.6) is 0 Å².